The van der Waals surface area contributed by atoms with E-state index in [9.17, 15) is 4.79 Å². The molecule has 6 nitrogen and oxygen atoms in total. The molecule has 2 aromatic heterocycles. The van der Waals surface area contributed by atoms with E-state index < -0.39 is 0 Å². The molecule has 0 unspecified atom stereocenters. The Morgan fingerprint density at radius 3 is 2.59 bits per heavy atom. The smallest absolute Gasteiger partial charge is 0.252 e. The van der Waals surface area contributed by atoms with Crippen LogP contribution in [0.1, 0.15) is 22.4 Å². The van der Waals surface area contributed by atoms with Gasteiger partial charge in [0.05, 0.1) is 0 Å². The number of fused-ring (bicyclic) bond motifs is 1. The predicted octanol–water partition coefficient (Wildman–Crippen LogP) is 2.57. The molecule has 3 heterocycles. The minimum Gasteiger partial charge on any atom is -0.354 e. The average molecular weight is 363 g/mol. The number of piperazine rings is 1. The van der Waals surface area contributed by atoms with Crippen LogP contribution in [0.25, 0.3) is 10.9 Å². The second-order valence-corrected chi connectivity index (χ2v) is 7.39. The maximum Gasteiger partial charge on any atom is 0.252 e. The van der Waals surface area contributed by atoms with Gasteiger partial charge in [0.15, 0.2) is 0 Å². The first-order chi connectivity index (χ1) is 13.0. The Labute approximate surface area is 158 Å². The zero-order chi connectivity index (χ0) is 19.0. The molecule has 1 aliphatic heterocycles. The summed E-state index contributed by atoms with van der Waals surface area (Å²) in [6.45, 7) is 10.4. The van der Waals surface area contributed by atoms with E-state index in [0.717, 1.165) is 65.3 Å². The Kier molecular flexibility index (Phi) is 4.66. The molecule has 1 fully saturated rings. The van der Waals surface area contributed by atoms with Crippen LogP contribution in [-0.2, 0) is 6.54 Å². The number of aromatic nitrogens is 3. The van der Waals surface area contributed by atoms with Crippen molar-refractivity contribution in [1.29, 1.82) is 0 Å². The van der Waals surface area contributed by atoms with Gasteiger partial charge in [-0.05, 0) is 43.9 Å². The van der Waals surface area contributed by atoms with E-state index in [0.29, 0.717) is 6.54 Å². The number of pyridine rings is 1. The normalized spacial score (nSPS) is 15.4. The fourth-order valence-corrected chi connectivity index (χ4v) is 3.68. The third kappa shape index (κ3) is 3.57. The predicted molar refractivity (Wildman–Crippen MR) is 108 cm³/mol. The van der Waals surface area contributed by atoms with Gasteiger partial charge >= 0.3 is 0 Å². The van der Waals surface area contributed by atoms with E-state index in [1.54, 1.807) is 6.33 Å². The molecular weight excluding hydrogens is 338 g/mol. The van der Waals surface area contributed by atoms with Crippen molar-refractivity contribution in [3.63, 3.8) is 0 Å². The van der Waals surface area contributed by atoms with Crippen LogP contribution in [0.3, 0.4) is 0 Å². The second-order valence-electron chi connectivity index (χ2n) is 7.39. The van der Waals surface area contributed by atoms with Gasteiger partial charge in [0.2, 0.25) is 0 Å². The second kappa shape index (κ2) is 7.12. The van der Waals surface area contributed by atoms with E-state index in [1.165, 1.54) is 0 Å². The lowest BCUT2D eigenvalue weighted by atomic mass is 10.1. The number of rotatable bonds is 3. The summed E-state index contributed by atoms with van der Waals surface area (Å²) in [5.74, 6) is 1.03. The molecule has 1 saturated heterocycles. The first-order valence-electron chi connectivity index (χ1n) is 9.39. The molecule has 0 aliphatic carbocycles. The summed E-state index contributed by atoms with van der Waals surface area (Å²) >= 11 is 0. The highest BCUT2D eigenvalue weighted by atomic mass is 16.1. The molecule has 4 rings (SSSR count). The summed E-state index contributed by atoms with van der Waals surface area (Å²) in [6.07, 6.45) is 1.64. The number of anilines is 1. The van der Waals surface area contributed by atoms with Crippen LogP contribution >= 0.6 is 0 Å². The van der Waals surface area contributed by atoms with Crippen LogP contribution in [0.4, 0.5) is 5.82 Å². The van der Waals surface area contributed by atoms with Crippen LogP contribution < -0.4 is 10.5 Å². The van der Waals surface area contributed by atoms with Crippen molar-refractivity contribution in [2.24, 2.45) is 0 Å². The van der Waals surface area contributed by atoms with E-state index in [4.69, 9.17) is 0 Å². The minimum atomic E-state index is 0.0119. The van der Waals surface area contributed by atoms with Crippen LogP contribution in [0.2, 0.25) is 0 Å². The number of aryl methyl sites for hydroxylation is 2. The Hall–Kier alpha value is -2.73. The fourth-order valence-electron chi connectivity index (χ4n) is 3.68. The van der Waals surface area contributed by atoms with Crippen molar-refractivity contribution in [1.82, 2.24) is 19.9 Å². The molecule has 0 amide bonds. The first kappa shape index (κ1) is 17.7. The highest BCUT2D eigenvalue weighted by Gasteiger charge is 2.21. The van der Waals surface area contributed by atoms with Gasteiger partial charge in [0.1, 0.15) is 12.1 Å². The SMILES string of the molecule is Cc1ccc2cc(CN3CCN(c4ncnc(C)c4C)CC3)c(=O)[nH]c2c1. The largest absolute Gasteiger partial charge is 0.354 e. The molecule has 0 saturated carbocycles. The van der Waals surface area contributed by atoms with Gasteiger partial charge in [-0.1, -0.05) is 12.1 Å². The Bertz CT molecular complexity index is 1030. The number of aromatic amines is 1. The number of nitrogens with zero attached hydrogens (tertiary/aromatic N) is 4. The number of hydrogen-bond acceptors (Lipinski definition) is 5. The van der Waals surface area contributed by atoms with Crippen molar-refractivity contribution in [2.75, 3.05) is 31.1 Å². The van der Waals surface area contributed by atoms with Crippen LogP contribution in [0, 0.1) is 20.8 Å². The Morgan fingerprint density at radius 1 is 1.04 bits per heavy atom. The first-order valence-corrected chi connectivity index (χ1v) is 9.39. The summed E-state index contributed by atoms with van der Waals surface area (Å²) in [6, 6.07) is 8.20. The molecule has 3 aromatic rings. The van der Waals surface area contributed by atoms with Gasteiger partial charge in [-0.2, -0.15) is 0 Å². The summed E-state index contributed by atoms with van der Waals surface area (Å²) in [5, 5.41) is 1.08. The summed E-state index contributed by atoms with van der Waals surface area (Å²) in [5.41, 5.74) is 5.07. The van der Waals surface area contributed by atoms with Crippen LogP contribution in [-0.4, -0.2) is 46.0 Å². The van der Waals surface area contributed by atoms with Gasteiger partial charge in [0, 0.05) is 55.1 Å². The molecule has 140 valence electrons. The molecule has 0 radical (unpaired) electrons. The van der Waals surface area contributed by atoms with Gasteiger partial charge in [-0.15, -0.1) is 0 Å². The van der Waals surface area contributed by atoms with Crippen molar-refractivity contribution in [2.45, 2.75) is 27.3 Å². The summed E-state index contributed by atoms with van der Waals surface area (Å²) in [4.78, 5) is 28.9. The Morgan fingerprint density at radius 2 is 1.81 bits per heavy atom. The molecule has 27 heavy (non-hydrogen) atoms. The molecule has 0 spiro atoms. The molecule has 0 bridgehead atoms. The maximum absolute atomic E-state index is 12.5. The highest BCUT2D eigenvalue weighted by molar-refractivity contribution is 5.79. The topological polar surface area (TPSA) is 65.1 Å². The van der Waals surface area contributed by atoms with Gasteiger partial charge < -0.3 is 9.88 Å². The molecular formula is C21H25N5O. The van der Waals surface area contributed by atoms with E-state index in [2.05, 4.69) is 43.8 Å². The Balaban J connectivity index is 1.47. The standard InChI is InChI=1S/C21H25N5O/c1-14-4-5-17-11-18(21(27)24-19(17)10-14)12-25-6-8-26(9-7-25)20-15(2)16(3)22-13-23-20/h4-5,10-11,13H,6-9,12H2,1-3H3,(H,24,27). The van der Waals surface area contributed by atoms with Crippen molar-refractivity contribution < 1.29 is 0 Å². The molecule has 1 aliphatic rings. The molecule has 1 aromatic carbocycles. The maximum atomic E-state index is 12.5. The van der Waals surface area contributed by atoms with Gasteiger partial charge in [-0.3, -0.25) is 9.69 Å². The molecule has 6 heteroatoms. The zero-order valence-corrected chi connectivity index (χ0v) is 16.1. The van der Waals surface area contributed by atoms with E-state index >= 15 is 0 Å². The number of nitrogens with one attached hydrogen (secondary N) is 1. The quantitative estimate of drug-likeness (QED) is 0.775. The number of hydrogen-bond donors (Lipinski definition) is 1. The number of benzene rings is 1. The van der Waals surface area contributed by atoms with Crippen molar-refractivity contribution in [3.05, 3.63) is 63.3 Å². The highest BCUT2D eigenvalue weighted by Crippen LogP contribution is 2.20. The zero-order valence-electron chi connectivity index (χ0n) is 16.1. The van der Waals surface area contributed by atoms with Crippen LogP contribution in [0.15, 0.2) is 35.4 Å². The van der Waals surface area contributed by atoms with Gasteiger partial charge in [-0.25, -0.2) is 9.97 Å². The van der Waals surface area contributed by atoms with Crippen molar-refractivity contribution >= 4 is 16.7 Å². The van der Waals surface area contributed by atoms with Gasteiger partial charge in [0.25, 0.3) is 5.56 Å². The third-order valence-electron chi connectivity index (χ3n) is 5.45. The lowest BCUT2D eigenvalue weighted by Gasteiger charge is -2.36. The summed E-state index contributed by atoms with van der Waals surface area (Å²) in [7, 11) is 0. The average Bonchev–Trinajstić information content (AvgIpc) is 2.65. The minimum absolute atomic E-state index is 0.0119. The fraction of sp³-hybridized carbons (Fsp3) is 0.381. The summed E-state index contributed by atoms with van der Waals surface area (Å²) < 4.78 is 0. The lowest BCUT2D eigenvalue weighted by molar-refractivity contribution is 0.248. The lowest BCUT2D eigenvalue weighted by Crippen LogP contribution is -2.47. The molecule has 1 N–H and O–H groups in total. The monoisotopic (exact) mass is 363 g/mol. The van der Waals surface area contributed by atoms with Crippen LogP contribution in [0.5, 0.6) is 0 Å². The third-order valence-corrected chi connectivity index (χ3v) is 5.45. The molecule has 0 atom stereocenters. The number of H-pyrrole nitrogens is 1. The van der Waals surface area contributed by atoms with E-state index in [1.807, 2.05) is 26.0 Å². The van der Waals surface area contributed by atoms with Crippen molar-refractivity contribution in [3.8, 4) is 0 Å². The van der Waals surface area contributed by atoms with E-state index in [-0.39, 0.29) is 5.56 Å².